The van der Waals surface area contributed by atoms with Crippen LogP contribution in [-0.2, 0) is 16.1 Å². The SMILES string of the molecule is CC(=O)NC[C@H]1CN(c2ccc(C3CCN(Cc4cnc([N+](=O)[O-])cn4)CC3)c(F)c2)C(=O)O1. The summed E-state index contributed by atoms with van der Waals surface area (Å²) in [6, 6.07) is 4.80. The molecule has 180 valence electrons. The van der Waals surface area contributed by atoms with Crippen LogP contribution in [0, 0.1) is 15.9 Å². The number of carbonyl (C=O) groups is 2. The van der Waals surface area contributed by atoms with Crippen molar-refractivity contribution in [3.8, 4) is 0 Å². The van der Waals surface area contributed by atoms with Crippen LogP contribution in [0.5, 0.6) is 0 Å². The number of carbonyl (C=O) groups excluding carboxylic acids is 2. The summed E-state index contributed by atoms with van der Waals surface area (Å²) in [6.07, 6.45) is 3.01. The summed E-state index contributed by atoms with van der Waals surface area (Å²) in [5.41, 5.74) is 1.68. The normalized spacial score (nSPS) is 19.2. The lowest BCUT2D eigenvalue weighted by molar-refractivity contribution is -0.389. The van der Waals surface area contributed by atoms with E-state index >= 15 is 0 Å². The van der Waals surface area contributed by atoms with E-state index in [4.69, 9.17) is 4.74 Å². The predicted molar refractivity (Wildman–Crippen MR) is 119 cm³/mol. The second-order valence-corrected chi connectivity index (χ2v) is 8.43. The molecule has 2 aromatic rings. The molecule has 1 N–H and O–H groups in total. The van der Waals surface area contributed by atoms with E-state index in [0.717, 1.165) is 32.1 Å². The molecule has 0 radical (unpaired) electrons. The van der Waals surface area contributed by atoms with Gasteiger partial charge in [0.25, 0.3) is 0 Å². The Morgan fingerprint density at radius 3 is 2.68 bits per heavy atom. The van der Waals surface area contributed by atoms with Crippen molar-refractivity contribution in [3.63, 3.8) is 0 Å². The van der Waals surface area contributed by atoms with Gasteiger partial charge in [-0.3, -0.25) is 14.6 Å². The molecular weight excluding hydrogens is 447 g/mol. The molecule has 1 aromatic heterocycles. The fraction of sp³-hybridized carbons (Fsp3) is 0.455. The van der Waals surface area contributed by atoms with Crippen molar-refractivity contribution in [2.45, 2.75) is 38.3 Å². The monoisotopic (exact) mass is 472 g/mol. The van der Waals surface area contributed by atoms with E-state index in [1.165, 1.54) is 24.1 Å². The molecule has 3 heterocycles. The fourth-order valence-corrected chi connectivity index (χ4v) is 4.27. The smallest absolute Gasteiger partial charge is 0.414 e. The van der Waals surface area contributed by atoms with E-state index in [2.05, 4.69) is 20.2 Å². The number of ether oxygens (including phenoxy) is 1. The lowest BCUT2D eigenvalue weighted by Crippen LogP contribution is -2.33. The van der Waals surface area contributed by atoms with Gasteiger partial charge in [0, 0.05) is 13.5 Å². The first-order chi connectivity index (χ1) is 16.3. The molecule has 0 unspecified atom stereocenters. The highest BCUT2D eigenvalue weighted by atomic mass is 19.1. The van der Waals surface area contributed by atoms with Crippen molar-refractivity contribution in [1.29, 1.82) is 0 Å². The Morgan fingerprint density at radius 2 is 2.06 bits per heavy atom. The number of hydrogen-bond acceptors (Lipinski definition) is 8. The Bertz CT molecular complexity index is 1070. The Labute approximate surface area is 195 Å². The Hall–Kier alpha value is -3.67. The van der Waals surface area contributed by atoms with Gasteiger partial charge < -0.3 is 20.2 Å². The van der Waals surface area contributed by atoms with Gasteiger partial charge in [-0.05, 0) is 59.5 Å². The number of rotatable bonds is 7. The van der Waals surface area contributed by atoms with Crippen LogP contribution in [0.2, 0.25) is 0 Å². The quantitative estimate of drug-likeness (QED) is 0.480. The standard InChI is InChI=1S/C22H25FN6O5/c1-14(30)24-10-18-13-28(22(31)34-18)17-2-3-19(20(23)8-17)15-4-6-27(7-5-15)12-16-9-26-21(11-25-16)29(32)33/h2-3,8-9,11,15,18H,4-7,10,12-13H2,1H3,(H,24,30)/t18-/m0/s1. The largest absolute Gasteiger partial charge is 0.442 e. The second kappa shape index (κ2) is 10.1. The van der Waals surface area contributed by atoms with Crippen molar-refractivity contribution in [3.05, 3.63) is 57.8 Å². The molecule has 12 heteroatoms. The van der Waals surface area contributed by atoms with E-state index in [1.807, 2.05) is 0 Å². The maximum atomic E-state index is 15.0. The number of amides is 2. The summed E-state index contributed by atoms with van der Waals surface area (Å²) >= 11 is 0. The zero-order chi connectivity index (χ0) is 24.2. The van der Waals surface area contributed by atoms with Gasteiger partial charge in [0.15, 0.2) is 6.20 Å². The molecule has 2 amide bonds. The minimum Gasteiger partial charge on any atom is -0.442 e. The number of nitro groups is 1. The molecule has 11 nitrogen and oxygen atoms in total. The van der Waals surface area contributed by atoms with Gasteiger partial charge in [0.2, 0.25) is 5.91 Å². The van der Waals surface area contributed by atoms with E-state index in [1.54, 1.807) is 12.1 Å². The molecular formula is C22H25FN6O5. The summed E-state index contributed by atoms with van der Waals surface area (Å²) in [5.74, 6) is -0.815. The number of benzene rings is 1. The number of hydrogen-bond donors (Lipinski definition) is 1. The summed E-state index contributed by atoms with van der Waals surface area (Å²) in [5, 5.41) is 13.3. The van der Waals surface area contributed by atoms with Crippen LogP contribution in [0.1, 0.15) is 36.9 Å². The van der Waals surface area contributed by atoms with Crippen LogP contribution in [-0.4, -0.2) is 64.1 Å². The van der Waals surface area contributed by atoms with Crippen LogP contribution in [0.15, 0.2) is 30.6 Å². The zero-order valence-corrected chi connectivity index (χ0v) is 18.6. The van der Waals surface area contributed by atoms with Crippen LogP contribution in [0.4, 0.5) is 20.7 Å². The number of cyclic esters (lactones) is 1. The van der Waals surface area contributed by atoms with Crippen molar-refractivity contribution >= 4 is 23.5 Å². The number of nitrogens with one attached hydrogen (secondary N) is 1. The molecule has 0 bridgehead atoms. The highest BCUT2D eigenvalue weighted by Gasteiger charge is 2.33. The Kier molecular flexibility index (Phi) is 6.96. The number of anilines is 1. The van der Waals surface area contributed by atoms with Crippen LogP contribution >= 0.6 is 0 Å². The Morgan fingerprint density at radius 1 is 1.29 bits per heavy atom. The van der Waals surface area contributed by atoms with Gasteiger partial charge in [0.1, 0.15) is 18.1 Å². The topological polar surface area (TPSA) is 131 Å². The van der Waals surface area contributed by atoms with E-state index in [9.17, 15) is 24.1 Å². The van der Waals surface area contributed by atoms with Crippen LogP contribution < -0.4 is 10.2 Å². The molecule has 0 aliphatic carbocycles. The third kappa shape index (κ3) is 5.45. The van der Waals surface area contributed by atoms with Crippen molar-refractivity contribution in [2.75, 3.05) is 31.1 Å². The van der Waals surface area contributed by atoms with Crippen LogP contribution in [0.3, 0.4) is 0 Å². The summed E-state index contributed by atoms with van der Waals surface area (Å²) in [6.45, 7) is 3.82. The summed E-state index contributed by atoms with van der Waals surface area (Å²) in [7, 11) is 0. The number of likely N-dealkylation sites (tertiary alicyclic amines) is 1. The van der Waals surface area contributed by atoms with Crippen LogP contribution in [0.25, 0.3) is 0 Å². The first kappa shape index (κ1) is 23.5. The van der Waals surface area contributed by atoms with E-state index in [-0.39, 0.29) is 36.5 Å². The molecule has 2 aliphatic rings. The molecule has 2 fully saturated rings. The average Bonchev–Trinajstić information content (AvgIpc) is 3.19. The van der Waals surface area contributed by atoms with Crippen molar-refractivity contribution < 1.29 is 23.6 Å². The van der Waals surface area contributed by atoms with E-state index < -0.39 is 17.1 Å². The number of aromatic nitrogens is 2. The zero-order valence-electron chi connectivity index (χ0n) is 18.6. The average molecular weight is 472 g/mol. The van der Waals surface area contributed by atoms with E-state index in [0.29, 0.717) is 23.5 Å². The van der Waals surface area contributed by atoms with Gasteiger partial charge in [-0.15, -0.1) is 0 Å². The van der Waals surface area contributed by atoms with Gasteiger partial charge in [-0.2, -0.15) is 0 Å². The molecule has 1 aromatic carbocycles. The molecule has 0 spiro atoms. The number of piperidine rings is 1. The maximum absolute atomic E-state index is 15.0. The predicted octanol–water partition coefficient (Wildman–Crippen LogP) is 2.36. The molecule has 2 saturated heterocycles. The van der Waals surface area contributed by atoms with Gasteiger partial charge >= 0.3 is 11.9 Å². The maximum Gasteiger partial charge on any atom is 0.414 e. The third-order valence-corrected chi connectivity index (χ3v) is 6.04. The number of halogens is 1. The lowest BCUT2D eigenvalue weighted by atomic mass is 9.89. The molecule has 2 aliphatic heterocycles. The highest BCUT2D eigenvalue weighted by Crippen LogP contribution is 2.33. The Balaban J connectivity index is 1.33. The minimum atomic E-state index is -0.584. The van der Waals surface area contributed by atoms with Crippen molar-refractivity contribution in [1.82, 2.24) is 20.2 Å². The first-order valence-electron chi connectivity index (χ1n) is 11.0. The minimum absolute atomic E-state index is 0.0475. The second-order valence-electron chi connectivity index (χ2n) is 8.43. The lowest BCUT2D eigenvalue weighted by Gasteiger charge is -2.32. The van der Waals surface area contributed by atoms with Gasteiger partial charge in [-0.25, -0.2) is 14.2 Å². The molecule has 4 rings (SSSR count). The highest BCUT2D eigenvalue weighted by molar-refractivity contribution is 5.89. The van der Waals surface area contributed by atoms with Crippen molar-refractivity contribution in [2.24, 2.45) is 0 Å². The molecule has 0 saturated carbocycles. The summed E-state index contributed by atoms with van der Waals surface area (Å²) in [4.78, 5) is 44.8. The van der Waals surface area contributed by atoms with Gasteiger partial charge in [-0.1, -0.05) is 6.07 Å². The number of nitrogens with zero attached hydrogens (tertiary/aromatic N) is 5. The molecule has 34 heavy (non-hydrogen) atoms. The fourth-order valence-electron chi connectivity index (χ4n) is 4.27. The third-order valence-electron chi connectivity index (χ3n) is 6.04. The first-order valence-corrected chi connectivity index (χ1v) is 11.0. The summed E-state index contributed by atoms with van der Waals surface area (Å²) < 4.78 is 20.2. The van der Waals surface area contributed by atoms with Gasteiger partial charge in [0.05, 0.1) is 24.5 Å². The molecule has 1 atom stereocenters.